The number of rotatable bonds is 7. The normalized spacial score (nSPS) is 12.1. The molecule has 0 aliphatic rings. The van der Waals surface area contributed by atoms with Crippen molar-refractivity contribution in [3.05, 3.63) is 65.0 Å². The van der Waals surface area contributed by atoms with Crippen LogP contribution in [0.3, 0.4) is 0 Å². The van der Waals surface area contributed by atoms with Crippen molar-refractivity contribution in [1.82, 2.24) is 10.1 Å². The SMILES string of the molecule is Cc1cccc(OCC[S@](=O)Cc2nc(-c3ccccc3Cl)no2)c1. The molecule has 0 fully saturated rings. The second-order valence-corrected chi connectivity index (χ2v) is 7.43. The summed E-state index contributed by atoms with van der Waals surface area (Å²) in [7, 11) is -1.15. The highest BCUT2D eigenvalue weighted by molar-refractivity contribution is 7.84. The van der Waals surface area contributed by atoms with Gasteiger partial charge in [-0.3, -0.25) is 4.21 Å². The fraction of sp³-hybridized carbons (Fsp3) is 0.222. The Morgan fingerprint density at radius 3 is 2.84 bits per heavy atom. The smallest absolute Gasteiger partial charge is 0.239 e. The Hall–Kier alpha value is -2.18. The lowest BCUT2D eigenvalue weighted by atomic mass is 10.2. The number of aryl methyl sites for hydroxylation is 1. The zero-order valence-corrected chi connectivity index (χ0v) is 15.2. The number of benzene rings is 2. The van der Waals surface area contributed by atoms with E-state index in [2.05, 4.69) is 10.1 Å². The summed E-state index contributed by atoms with van der Waals surface area (Å²) in [6.07, 6.45) is 0. The van der Waals surface area contributed by atoms with Gasteiger partial charge in [0.1, 0.15) is 11.5 Å². The van der Waals surface area contributed by atoms with Gasteiger partial charge in [0.25, 0.3) is 0 Å². The molecule has 0 radical (unpaired) electrons. The standard InChI is InChI=1S/C18H17ClN2O3S/c1-13-5-4-6-14(11-13)23-9-10-25(22)12-17-20-18(21-24-17)15-7-2-3-8-16(15)19/h2-8,11H,9-10,12H2,1H3/t25-/m0/s1. The molecular weight excluding hydrogens is 360 g/mol. The Balaban J connectivity index is 1.53. The highest BCUT2D eigenvalue weighted by atomic mass is 35.5. The van der Waals surface area contributed by atoms with Crippen LogP contribution in [0.1, 0.15) is 11.5 Å². The highest BCUT2D eigenvalue weighted by Crippen LogP contribution is 2.25. The molecule has 1 aromatic heterocycles. The van der Waals surface area contributed by atoms with Gasteiger partial charge in [0.15, 0.2) is 0 Å². The number of ether oxygens (including phenoxy) is 1. The van der Waals surface area contributed by atoms with Crippen molar-refractivity contribution in [2.24, 2.45) is 0 Å². The van der Waals surface area contributed by atoms with Gasteiger partial charge in [0.2, 0.25) is 11.7 Å². The molecule has 1 heterocycles. The highest BCUT2D eigenvalue weighted by Gasteiger charge is 2.13. The number of hydrogen-bond acceptors (Lipinski definition) is 5. The Morgan fingerprint density at radius 2 is 2.04 bits per heavy atom. The minimum atomic E-state index is -1.15. The Morgan fingerprint density at radius 1 is 1.20 bits per heavy atom. The number of aromatic nitrogens is 2. The van der Waals surface area contributed by atoms with Gasteiger partial charge in [-0.25, -0.2) is 0 Å². The van der Waals surface area contributed by atoms with E-state index in [-0.39, 0.29) is 5.75 Å². The van der Waals surface area contributed by atoms with Gasteiger partial charge in [-0.15, -0.1) is 0 Å². The van der Waals surface area contributed by atoms with Crippen LogP contribution in [-0.4, -0.2) is 26.7 Å². The van der Waals surface area contributed by atoms with Gasteiger partial charge in [-0.2, -0.15) is 4.98 Å². The second kappa shape index (κ2) is 8.27. The van der Waals surface area contributed by atoms with Crippen molar-refractivity contribution in [3.8, 4) is 17.1 Å². The van der Waals surface area contributed by atoms with Gasteiger partial charge >= 0.3 is 0 Å². The van der Waals surface area contributed by atoms with Crippen molar-refractivity contribution >= 4 is 22.4 Å². The summed E-state index contributed by atoms with van der Waals surface area (Å²) in [4.78, 5) is 4.26. The molecule has 2 aromatic carbocycles. The van der Waals surface area contributed by atoms with Crippen molar-refractivity contribution in [1.29, 1.82) is 0 Å². The molecule has 0 N–H and O–H groups in total. The molecule has 0 saturated carbocycles. The average Bonchev–Trinajstić information content (AvgIpc) is 3.03. The van der Waals surface area contributed by atoms with Crippen LogP contribution >= 0.6 is 11.6 Å². The molecule has 0 spiro atoms. The summed E-state index contributed by atoms with van der Waals surface area (Å²) in [5, 5.41) is 4.45. The number of halogens is 1. The van der Waals surface area contributed by atoms with Crippen LogP contribution in [0.5, 0.6) is 5.75 Å². The summed E-state index contributed by atoms with van der Waals surface area (Å²) in [6, 6.07) is 15.0. The minimum absolute atomic E-state index is 0.189. The van der Waals surface area contributed by atoms with E-state index in [1.807, 2.05) is 49.4 Å². The van der Waals surface area contributed by atoms with E-state index in [1.54, 1.807) is 6.07 Å². The molecule has 0 aliphatic heterocycles. The van der Waals surface area contributed by atoms with Crippen LogP contribution in [0, 0.1) is 6.92 Å². The molecule has 0 saturated heterocycles. The molecule has 0 aliphatic carbocycles. The van der Waals surface area contributed by atoms with E-state index >= 15 is 0 Å². The molecule has 3 aromatic rings. The summed E-state index contributed by atoms with van der Waals surface area (Å²) in [5.74, 6) is 2.07. The van der Waals surface area contributed by atoms with E-state index < -0.39 is 10.8 Å². The lowest BCUT2D eigenvalue weighted by molar-refractivity contribution is 0.342. The Kier molecular flexibility index (Phi) is 5.83. The summed E-state index contributed by atoms with van der Waals surface area (Å²) in [5.41, 5.74) is 1.81. The van der Waals surface area contributed by atoms with Crippen LogP contribution in [0.2, 0.25) is 5.02 Å². The van der Waals surface area contributed by atoms with E-state index in [9.17, 15) is 4.21 Å². The van der Waals surface area contributed by atoms with Crippen LogP contribution in [0.25, 0.3) is 11.4 Å². The van der Waals surface area contributed by atoms with Crippen molar-refractivity contribution in [3.63, 3.8) is 0 Å². The zero-order valence-electron chi connectivity index (χ0n) is 13.6. The summed E-state index contributed by atoms with van der Waals surface area (Å²) in [6.45, 7) is 2.36. The Bertz CT molecular complexity index is 882. The first kappa shape index (κ1) is 17.6. The Labute approximate surface area is 153 Å². The molecule has 0 bridgehead atoms. The van der Waals surface area contributed by atoms with Crippen LogP contribution in [0.4, 0.5) is 0 Å². The third-order valence-electron chi connectivity index (χ3n) is 3.44. The quantitative estimate of drug-likeness (QED) is 0.623. The molecule has 130 valence electrons. The largest absolute Gasteiger partial charge is 0.493 e. The molecule has 7 heteroatoms. The summed E-state index contributed by atoms with van der Waals surface area (Å²) >= 11 is 6.11. The fourth-order valence-electron chi connectivity index (χ4n) is 2.23. The van der Waals surface area contributed by atoms with Gasteiger partial charge in [0.05, 0.1) is 17.4 Å². The second-order valence-electron chi connectivity index (χ2n) is 5.44. The van der Waals surface area contributed by atoms with Crippen LogP contribution < -0.4 is 4.74 Å². The van der Waals surface area contributed by atoms with Gasteiger partial charge in [-0.1, -0.05) is 41.0 Å². The molecule has 3 rings (SSSR count). The molecule has 5 nitrogen and oxygen atoms in total. The predicted molar refractivity (Wildman–Crippen MR) is 98.1 cm³/mol. The lowest BCUT2D eigenvalue weighted by Crippen LogP contribution is -2.10. The maximum Gasteiger partial charge on any atom is 0.239 e. The molecule has 1 atom stereocenters. The van der Waals surface area contributed by atoms with E-state index in [1.165, 1.54) is 0 Å². The van der Waals surface area contributed by atoms with Crippen LogP contribution in [-0.2, 0) is 16.6 Å². The monoisotopic (exact) mass is 376 g/mol. The molecular formula is C18H17ClN2O3S. The van der Waals surface area contributed by atoms with Gasteiger partial charge in [-0.05, 0) is 36.8 Å². The van der Waals surface area contributed by atoms with Gasteiger partial charge in [0, 0.05) is 16.4 Å². The van der Waals surface area contributed by atoms with E-state index in [0.29, 0.717) is 34.7 Å². The lowest BCUT2D eigenvalue weighted by Gasteiger charge is -2.06. The van der Waals surface area contributed by atoms with Crippen molar-refractivity contribution in [2.75, 3.05) is 12.4 Å². The first-order valence-corrected chi connectivity index (χ1v) is 9.60. The molecule has 0 unspecified atom stereocenters. The minimum Gasteiger partial charge on any atom is -0.493 e. The summed E-state index contributed by atoms with van der Waals surface area (Å²) < 4.78 is 22.9. The van der Waals surface area contributed by atoms with Crippen molar-refractivity contribution < 1.29 is 13.5 Å². The topological polar surface area (TPSA) is 65.2 Å². The van der Waals surface area contributed by atoms with E-state index in [4.69, 9.17) is 20.9 Å². The van der Waals surface area contributed by atoms with Crippen LogP contribution in [0.15, 0.2) is 53.1 Å². The third-order valence-corrected chi connectivity index (χ3v) is 4.96. The maximum absolute atomic E-state index is 12.2. The number of nitrogens with zero attached hydrogens (tertiary/aromatic N) is 2. The van der Waals surface area contributed by atoms with Crippen molar-refractivity contribution in [2.45, 2.75) is 12.7 Å². The number of hydrogen-bond donors (Lipinski definition) is 0. The zero-order chi connectivity index (χ0) is 17.6. The fourth-order valence-corrected chi connectivity index (χ4v) is 3.26. The molecule has 0 amide bonds. The van der Waals surface area contributed by atoms with Gasteiger partial charge < -0.3 is 9.26 Å². The first-order valence-electron chi connectivity index (χ1n) is 7.74. The molecule has 25 heavy (non-hydrogen) atoms. The first-order chi connectivity index (χ1) is 12.1. The average molecular weight is 377 g/mol. The van der Waals surface area contributed by atoms with E-state index in [0.717, 1.165) is 11.3 Å². The maximum atomic E-state index is 12.2. The predicted octanol–water partition coefficient (Wildman–Crippen LogP) is 4.03. The third kappa shape index (κ3) is 4.90.